The van der Waals surface area contributed by atoms with Gasteiger partial charge in [-0.1, -0.05) is 38.6 Å². The number of para-hydroxylation sites is 1. The molecule has 1 heterocycles. The third-order valence-electron chi connectivity index (χ3n) is 4.49. The molecule has 0 fully saturated rings. The van der Waals surface area contributed by atoms with Crippen LogP contribution in [0.25, 0.3) is 0 Å². The molecule has 0 bridgehead atoms. The second-order valence-corrected chi connectivity index (χ2v) is 6.30. The Balaban J connectivity index is 0.00000136. The maximum atomic E-state index is 12.8. The molecule has 1 unspecified atom stereocenters. The molecule has 1 amide bonds. The van der Waals surface area contributed by atoms with Crippen LogP contribution in [0.5, 0.6) is 0 Å². The second-order valence-electron chi connectivity index (χ2n) is 6.30. The molecule has 0 radical (unpaired) electrons. The van der Waals surface area contributed by atoms with Crippen LogP contribution >= 0.6 is 0 Å². The fourth-order valence-electron chi connectivity index (χ4n) is 3.21. The first-order valence-electron chi connectivity index (χ1n) is 9.31. The van der Waals surface area contributed by atoms with Gasteiger partial charge in [0.1, 0.15) is 0 Å². The molecule has 0 saturated heterocycles. The van der Waals surface area contributed by atoms with Gasteiger partial charge in [-0.05, 0) is 54.3 Å². The third-order valence-corrected chi connectivity index (χ3v) is 4.49. The summed E-state index contributed by atoms with van der Waals surface area (Å²) in [5.74, 6) is -0.0824. The van der Waals surface area contributed by atoms with Gasteiger partial charge >= 0.3 is 6.18 Å². The van der Waals surface area contributed by atoms with Crippen LogP contribution in [0.15, 0.2) is 61.2 Å². The van der Waals surface area contributed by atoms with Crippen molar-refractivity contribution in [2.75, 3.05) is 18.0 Å². The molecular weight excluding hydrogens is 365 g/mol. The van der Waals surface area contributed by atoms with Crippen molar-refractivity contribution in [1.29, 1.82) is 0 Å². The molecule has 1 atom stereocenters. The number of anilines is 2. The summed E-state index contributed by atoms with van der Waals surface area (Å²) in [6.07, 6.45) is -2.33. The summed E-state index contributed by atoms with van der Waals surface area (Å²) < 4.78 is 38.4. The van der Waals surface area contributed by atoms with E-state index >= 15 is 0 Å². The van der Waals surface area contributed by atoms with Gasteiger partial charge in [0, 0.05) is 24.5 Å². The monoisotopic (exact) mass is 390 g/mol. The van der Waals surface area contributed by atoms with Crippen molar-refractivity contribution in [1.82, 2.24) is 5.32 Å². The van der Waals surface area contributed by atoms with Gasteiger partial charge in [-0.2, -0.15) is 13.2 Å². The lowest BCUT2D eigenvalue weighted by Crippen LogP contribution is -2.38. The van der Waals surface area contributed by atoms with Crippen molar-refractivity contribution in [3.63, 3.8) is 0 Å². The summed E-state index contributed by atoms with van der Waals surface area (Å²) >= 11 is 0. The fourth-order valence-corrected chi connectivity index (χ4v) is 3.21. The SMILES string of the molecule is C=CC(=O)NCC1Cc2ccccc2N(c2ccc(C(F)(F)F)cc2)C1.CC. The predicted molar refractivity (Wildman–Crippen MR) is 107 cm³/mol. The van der Waals surface area contributed by atoms with Gasteiger partial charge in [0.05, 0.1) is 5.56 Å². The number of hydrogen-bond acceptors (Lipinski definition) is 2. The smallest absolute Gasteiger partial charge is 0.352 e. The van der Waals surface area contributed by atoms with E-state index in [1.54, 1.807) is 0 Å². The summed E-state index contributed by atoms with van der Waals surface area (Å²) in [6, 6.07) is 13.0. The molecule has 0 spiro atoms. The van der Waals surface area contributed by atoms with Crippen LogP contribution in [0, 0.1) is 5.92 Å². The number of benzene rings is 2. The second kappa shape index (κ2) is 9.44. The highest BCUT2D eigenvalue weighted by Crippen LogP contribution is 2.37. The van der Waals surface area contributed by atoms with Crippen molar-refractivity contribution in [2.45, 2.75) is 26.4 Å². The number of halogens is 3. The topological polar surface area (TPSA) is 32.3 Å². The number of carbonyl (C=O) groups excluding carboxylic acids is 1. The van der Waals surface area contributed by atoms with Gasteiger partial charge < -0.3 is 10.2 Å². The van der Waals surface area contributed by atoms with E-state index in [0.29, 0.717) is 18.8 Å². The highest BCUT2D eigenvalue weighted by atomic mass is 19.4. The van der Waals surface area contributed by atoms with Crippen molar-refractivity contribution < 1.29 is 18.0 Å². The molecule has 2 aromatic carbocycles. The lowest BCUT2D eigenvalue weighted by atomic mass is 9.91. The number of nitrogens with one attached hydrogen (secondary N) is 1. The van der Waals surface area contributed by atoms with Crippen LogP contribution in [0.2, 0.25) is 0 Å². The van der Waals surface area contributed by atoms with Gasteiger partial charge in [-0.3, -0.25) is 4.79 Å². The van der Waals surface area contributed by atoms with Crippen molar-refractivity contribution in [3.05, 3.63) is 72.3 Å². The Morgan fingerprint density at radius 3 is 2.43 bits per heavy atom. The number of rotatable bonds is 4. The summed E-state index contributed by atoms with van der Waals surface area (Å²) in [5, 5.41) is 2.80. The minimum Gasteiger partial charge on any atom is -0.352 e. The Morgan fingerprint density at radius 2 is 1.82 bits per heavy atom. The van der Waals surface area contributed by atoms with Crippen molar-refractivity contribution in [2.24, 2.45) is 5.92 Å². The van der Waals surface area contributed by atoms with Gasteiger partial charge in [-0.15, -0.1) is 0 Å². The van der Waals surface area contributed by atoms with E-state index in [-0.39, 0.29) is 11.8 Å². The predicted octanol–water partition coefficient (Wildman–Crippen LogP) is 5.34. The van der Waals surface area contributed by atoms with E-state index in [1.165, 1.54) is 18.2 Å². The van der Waals surface area contributed by atoms with E-state index in [1.807, 2.05) is 43.0 Å². The standard InChI is InChI=1S/C20H19F3N2O.C2H6/c1-2-19(26)24-12-14-11-15-5-3-4-6-18(15)25(13-14)17-9-7-16(8-10-17)20(21,22)23;1-2/h2-10,14H,1,11-13H2,(H,24,26);1-2H3. The first kappa shape index (κ1) is 21.5. The number of fused-ring (bicyclic) bond motifs is 1. The van der Waals surface area contributed by atoms with Crippen molar-refractivity contribution >= 4 is 17.3 Å². The zero-order valence-electron chi connectivity index (χ0n) is 16.1. The Hall–Kier alpha value is -2.76. The van der Waals surface area contributed by atoms with Gasteiger partial charge in [0.15, 0.2) is 0 Å². The molecule has 1 aliphatic heterocycles. The fraction of sp³-hybridized carbons (Fsp3) is 0.318. The van der Waals surface area contributed by atoms with Crippen LogP contribution < -0.4 is 10.2 Å². The average molecular weight is 390 g/mol. The molecule has 3 nitrogen and oxygen atoms in total. The Bertz CT molecular complexity index is 800. The van der Waals surface area contributed by atoms with E-state index in [2.05, 4.69) is 11.9 Å². The maximum Gasteiger partial charge on any atom is 0.416 e. The molecule has 1 aliphatic rings. The number of nitrogens with zero attached hydrogens (tertiary/aromatic N) is 1. The van der Waals surface area contributed by atoms with Crippen LogP contribution in [0.1, 0.15) is 25.0 Å². The maximum absolute atomic E-state index is 12.8. The van der Waals surface area contributed by atoms with Crippen LogP contribution in [0.3, 0.4) is 0 Å². The van der Waals surface area contributed by atoms with Crippen LogP contribution in [-0.2, 0) is 17.4 Å². The van der Waals surface area contributed by atoms with Gasteiger partial charge in [-0.25, -0.2) is 0 Å². The molecule has 6 heteroatoms. The summed E-state index contributed by atoms with van der Waals surface area (Å²) in [7, 11) is 0. The van der Waals surface area contributed by atoms with Gasteiger partial charge in [0.25, 0.3) is 0 Å². The summed E-state index contributed by atoms with van der Waals surface area (Å²) in [4.78, 5) is 13.4. The van der Waals surface area contributed by atoms with Crippen LogP contribution in [0.4, 0.5) is 24.5 Å². The summed E-state index contributed by atoms with van der Waals surface area (Å²) in [6.45, 7) is 8.53. The van der Waals surface area contributed by atoms with Crippen molar-refractivity contribution in [3.8, 4) is 0 Å². The highest BCUT2D eigenvalue weighted by molar-refractivity contribution is 5.86. The Kier molecular flexibility index (Phi) is 7.26. The molecule has 3 rings (SSSR count). The van der Waals surface area contributed by atoms with E-state index in [9.17, 15) is 18.0 Å². The molecule has 28 heavy (non-hydrogen) atoms. The van der Waals surface area contributed by atoms with Gasteiger partial charge in [0.2, 0.25) is 5.91 Å². The molecule has 0 saturated carbocycles. The molecule has 0 aliphatic carbocycles. The van der Waals surface area contributed by atoms with E-state index in [4.69, 9.17) is 0 Å². The number of carbonyl (C=O) groups is 1. The molecule has 150 valence electrons. The molecule has 0 aromatic heterocycles. The molecule has 1 N–H and O–H groups in total. The lowest BCUT2D eigenvalue weighted by Gasteiger charge is -2.36. The first-order valence-corrected chi connectivity index (χ1v) is 9.31. The quantitative estimate of drug-likeness (QED) is 0.715. The third kappa shape index (κ3) is 5.15. The zero-order chi connectivity index (χ0) is 20.7. The largest absolute Gasteiger partial charge is 0.416 e. The minimum absolute atomic E-state index is 0.149. The summed E-state index contributed by atoms with van der Waals surface area (Å²) in [5.41, 5.74) is 2.13. The van der Waals surface area contributed by atoms with E-state index in [0.717, 1.165) is 29.8 Å². The number of hydrogen-bond donors (Lipinski definition) is 1. The van der Waals surface area contributed by atoms with E-state index < -0.39 is 11.7 Å². The average Bonchev–Trinajstić information content (AvgIpc) is 2.72. The number of amides is 1. The van der Waals surface area contributed by atoms with Crippen LogP contribution in [-0.4, -0.2) is 19.0 Å². The first-order chi connectivity index (χ1) is 13.4. The molecule has 2 aromatic rings. The Labute approximate surface area is 163 Å². The minimum atomic E-state index is -4.35. The Morgan fingerprint density at radius 1 is 1.18 bits per heavy atom. The number of alkyl halides is 3. The normalized spacial score (nSPS) is 15.8. The lowest BCUT2D eigenvalue weighted by molar-refractivity contribution is -0.137. The molecular formula is C22H25F3N2O. The zero-order valence-corrected chi connectivity index (χ0v) is 16.1. The highest BCUT2D eigenvalue weighted by Gasteiger charge is 2.31.